The number of carbonyl (C=O) groups is 1. The Bertz CT molecular complexity index is 422. The van der Waals surface area contributed by atoms with Crippen LogP contribution in [0.2, 0.25) is 0 Å². The number of para-hydroxylation sites is 1. The van der Waals surface area contributed by atoms with Gasteiger partial charge in [-0.15, -0.1) is 0 Å². The standard InChI is InChI=1S/C15H22N2O/c1-10-6-4-7-11(2)13(10)17-15(18)14-12(3)8-5-9-16-14/h4,6-7,12,14,16H,5,8-9H2,1-3H3,(H,17,18)/t12-,14+/m0/s1. The molecule has 98 valence electrons. The molecule has 2 N–H and O–H groups in total. The van der Waals surface area contributed by atoms with E-state index in [1.807, 2.05) is 32.0 Å². The molecule has 3 heteroatoms. The number of nitrogens with one attached hydrogen (secondary N) is 2. The highest BCUT2D eigenvalue weighted by Crippen LogP contribution is 2.22. The van der Waals surface area contributed by atoms with Crippen molar-refractivity contribution in [1.82, 2.24) is 5.32 Å². The van der Waals surface area contributed by atoms with Crippen LogP contribution in [0.5, 0.6) is 0 Å². The molecule has 18 heavy (non-hydrogen) atoms. The average Bonchev–Trinajstić information content (AvgIpc) is 2.34. The van der Waals surface area contributed by atoms with Crippen LogP contribution in [0, 0.1) is 19.8 Å². The van der Waals surface area contributed by atoms with Crippen LogP contribution in [0.25, 0.3) is 0 Å². The molecule has 2 rings (SSSR count). The fourth-order valence-corrected chi connectivity index (χ4v) is 2.61. The summed E-state index contributed by atoms with van der Waals surface area (Å²) in [5.74, 6) is 0.502. The molecule has 1 saturated heterocycles. The van der Waals surface area contributed by atoms with Gasteiger partial charge in [0, 0.05) is 5.69 Å². The molecule has 0 spiro atoms. The SMILES string of the molecule is Cc1cccc(C)c1NC(=O)[C@@H]1NCCC[C@@H]1C. The normalized spacial score (nSPS) is 23.7. The number of anilines is 1. The van der Waals surface area contributed by atoms with Crippen LogP contribution >= 0.6 is 0 Å². The first-order valence-corrected chi connectivity index (χ1v) is 6.70. The van der Waals surface area contributed by atoms with Gasteiger partial charge in [0.1, 0.15) is 0 Å². The van der Waals surface area contributed by atoms with Crippen LogP contribution in [0.4, 0.5) is 5.69 Å². The van der Waals surface area contributed by atoms with Gasteiger partial charge in [0.05, 0.1) is 6.04 Å². The van der Waals surface area contributed by atoms with Gasteiger partial charge in [0.2, 0.25) is 5.91 Å². The van der Waals surface area contributed by atoms with E-state index in [1.54, 1.807) is 0 Å². The van der Waals surface area contributed by atoms with Crippen molar-refractivity contribution < 1.29 is 4.79 Å². The molecule has 0 radical (unpaired) electrons. The van der Waals surface area contributed by atoms with Crippen LogP contribution in [0.3, 0.4) is 0 Å². The molecule has 1 heterocycles. The van der Waals surface area contributed by atoms with E-state index in [4.69, 9.17) is 0 Å². The number of benzene rings is 1. The van der Waals surface area contributed by atoms with E-state index in [0.717, 1.165) is 36.2 Å². The van der Waals surface area contributed by atoms with Gasteiger partial charge in [-0.3, -0.25) is 4.79 Å². The molecule has 2 atom stereocenters. The molecular formula is C15H22N2O. The van der Waals surface area contributed by atoms with Crippen molar-refractivity contribution in [3.63, 3.8) is 0 Å². The van der Waals surface area contributed by atoms with E-state index >= 15 is 0 Å². The smallest absolute Gasteiger partial charge is 0.241 e. The Morgan fingerprint density at radius 3 is 2.61 bits per heavy atom. The second kappa shape index (κ2) is 5.53. The van der Waals surface area contributed by atoms with Crippen LogP contribution in [-0.4, -0.2) is 18.5 Å². The van der Waals surface area contributed by atoms with Crippen LogP contribution in [-0.2, 0) is 4.79 Å². The first-order valence-electron chi connectivity index (χ1n) is 6.70. The molecule has 1 aliphatic heterocycles. The monoisotopic (exact) mass is 246 g/mol. The lowest BCUT2D eigenvalue weighted by Crippen LogP contribution is -2.48. The minimum atomic E-state index is -0.0576. The Labute approximate surface area is 109 Å². The van der Waals surface area contributed by atoms with Crippen molar-refractivity contribution in [2.75, 3.05) is 11.9 Å². The predicted molar refractivity (Wildman–Crippen MR) is 74.7 cm³/mol. The molecule has 0 saturated carbocycles. The lowest BCUT2D eigenvalue weighted by atomic mass is 9.92. The third-order valence-electron chi connectivity index (χ3n) is 3.78. The molecule has 0 bridgehead atoms. The summed E-state index contributed by atoms with van der Waals surface area (Å²) in [6, 6.07) is 6.01. The van der Waals surface area contributed by atoms with Crippen LogP contribution < -0.4 is 10.6 Å². The first-order chi connectivity index (χ1) is 8.59. The highest BCUT2D eigenvalue weighted by atomic mass is 16.2. The molecule has 1 fully saturated rings. The molecule has 0 unspecified atom stereocenters. The summed E-state index contributed by atoms with van der Waals surface area (Å²) in [5, 5.41) is 6.39. The zero-order valence-corrected chi connectivity index (χ0v) is 11.4. The van der Waals surface area contributed by atoms with Crippen molar-refractivity contribution in [3.05, 3.63) is 29.3 Å². The lowest BCUT2D eigenvalue weighted by molar-refractivity contribution is -0.119. The maximum absolute atomic E-state index is 12.3. The maximum atomic E-state index is 12.3. The summed E-state index contributed by atoms with van der Waals surface area (Å²) in [6.45, 7) is 7.14. The van der Waals surface area contributed by atoms with Gasteiger partial charge in [0.15, 0.2) is 0 Å². The molecule has 1 aliphatic rings. The number of amides is 1. The second-order valence-electron chi connectivity index (χ2n) is 5.31. The topological polar surface area (TPSA) is 41.1 Å². The van der Waals surface area contributed by atoms with Crippen LogP contribution in [0.1, 0.15) is 30.9 Å². The summed E-state index contributed by atoms with van der Waals surface area (Å²) in [7, 11) is 0. The summed E-state index contributed by atoms with van der Waals surface area (Å²) in [6.07, 6.45) is 2.28. The number of hydrogen-bond donors (Lipinski definition) is 2. The van der Waals surface area contributed by atoms with Gasteiger partial charge in [-0.1, -0.05) is 25.1 Å². The van der Waals surface area contributed by atoms with E-state index in [-0.39, 0.29) is 11.9 Å². The number of aryl methyl sites for hydroxylation is 2. The fourth-order valence-electron chi connectivity index (χ4n) is 2.61. The van der Waals surface area contributed by atoms with E-state index in [0.29, 0.717) is 5.92 Å². The number of carbonyl (C=O) groups excluding carboxylic acids is 1. The first kappa shape index (κ1) is 13.1. The van der Waals surface area contributed by atoms with Crippen molar-refractivity contribution >= 4 is 11.6 Å². The number of piperidine rings is 1. The molecule has 1 amide bonds. The summed E-state index contributed by atoms with van der Waals surface area (Å²) < 4.78 is 0. The van der Waals surface area contributed by atoms with Crippen molar-refractivity contribution in [2.24, 2.45) is 5.92 Å². The lowest BCUT2D eigenvalue weighted by Gasteiger charge is -2.29. The molecule has 0 aliphatic carbocycles. The summed E-state index contributed by atoms with van der Waals surface area (Å²) >= 11 is 0. The third-order valence-corrected chi connectivity index (χ3v) is 3.78. The van der Waals surface area contributed by atoms with E-state index in [1.165, 1.54) is 0 Å². The highest BCUT2D eigenvalue weighted by molar-refractivity contribution is 5.96. The second-order valence-corrected chi connectivity index (χ2v) is 5.31. The minimum absolute atomic E-state index is 0.0576. The Morgan fingerprint density at radius 2 is 2.00 bits per heavy atom. The van der Waals surface area contributed by atoms with E-state index < -0.39 is 0 Å². The van der Waals surface area contributed by atoms with E-state index in [9.17, 15) is 4.79 Å². The minimum Gasteiger partial charge on any atom is -0.324 e. The Kier molecular flexibility index (Phi) is 4.02. The quantitative estimate of drug-likeness (QED) is 0.842. The van der Waals surface area contributed by atoms with Gasteiger partial charge in [0.25, 0.3) is 0 Å². The molecule has 1 aromatic rings. The van der Waals surface area contributed by atoms with Gasteiger partial charge >= 0.3 is 0 Å². The Balaban J connectivity index is 2.11. The van der Waals surface area contributed by atoms with Crippen molar-refractivity contribution in [1.29, 1.82) is 0 Å². The molecule has 0 aromatic heterocycles. The molecule has 1 aromatic carbocycles. The van der Waals surface area contributed by atoms with Gasteiger partial charge in [-0.25, -0.2) is 0 Å². The van der Waals surface area contributed by atoms with Crippen molar-refractivity contribution in [3.8, 4) is 0 Å². The Hall–Kier alpha value is -1.35. The summed E-state index contributed by atoms with van der Waals surface area (Å²) in [5.41, 5.74) is 3.20. The number of rotatable bonds is 2. The number of hydrogen-bond acceptors (Lipinski definition) is 2. The zero-order valence-electron chi connectivity index (χ0n) is 11.4. The van der Waals surface area contributed by atoms with Gasteiger partial charge < -0.3 is 10.6 Å². The average molecular weight is 246 g/mol. The Morgan fingerprint density at radius 1 is 1.33 bits per heavy atom. The zero-order chi connectivity index (χ0) is 13.1. The summed E-state index contributed by atoms with van der Waals surface area (Å²) in [4.78, 5) is 12.3. The van der Waals surface area contributed by atoms with Crippen LogP contribution in [0.15, 0.2) is 18.2 Å². The van der Waals surface area contributed by atoms with Gasteiger partial charge in [-0.2, -0.15) is 0 Å². The van der Waals surface area contributed by atoms with Crippen molar-refractivity contribution in [2.45, 2.75) is 39.7 Å². The van der Waals surface area contributed by atoms with E-state index in [2.05, 4.69) is 17.6 Å². The third kappa shape index (κ3) is 2.72. The highest BCUT2D eigenvalue weighted by Gasteiger charge is 2.27. The largest absolute Gasteiger partial charge is 0.324 e. The predicted octanol–water partition coefficient (Wildman–Crippen LogP) is 2.63. The maximum Gasteiger partial charge on any atom is 0.241 e. The van der Waals surface area contributed by atoms with Gasteiger partial charge in [-0.05, 0) is 50.3 Å². The fraction of sp³-hybridized carbons (Fsp3) is 0.533. The molecule has 3 nitrogen and oxygen atoms in total. The molecular weight excluding hydrogens is 224 g/mol.